The summed E-state index contributed by atoms with van der Waals surface area (Å²) in [7, 11) is 0. The van der Waals surface area contributed by atoms with Gasteiger partial charge in [-0.05, 0) is 13.8 Å². The summed E-state index contributed by atoms with van der Waals surface area (Å²) in [4.78, 5) is 39.7. The number of ether oxygens (including phenoxy) is 4. The van der Waals surface area contributed by atoms with Crippen LogP contribution in [0.25, 0.3) is 0 Å². The monoisotopic (exact) mass is 643 g/mol. The third-order valence-corrected chi connectivity index (χ3v) is 9.45. The van der Waals surface area contributed by atoms with E-state index in [-0.39, 0.29) is 35.1 Å². The zero-order valence-corrected chi connectivity index (χ0v) is 25.2. The van der Waals surface area contributed by atoms with E-state index in [9.17, 15) is 45.0 Å². The molecular weight excluding hydrogens is 606 g/mol. The quantitative estimate of drug-likeness (QED) is 0.173. The van der Waals surface area contributed by atoms with Crippen LogP contribution in [0.4, 0.5) is 0 Å². The molecule has 2 aromatic rings. The maximum Gasteiger partial charge on any atom is 0.198 e. The highest BCUT2D eigenvalue weighted by Crippen LogP contribution is 2.52. The number of benzene rings is 2. The third kappa shape index (κ3) is 5.33. The maximum atomic E-state index is 13.5. The van der Waals surface area contributed by atoms with Crippen molar-refractivity contribution < 1.29 is 64.0 Å². The molecule has 14 heteroatoms. The molecule has 8 N–H and O–H groups in total. The molecule has 0 amide bonds. The molecule has 14 nitrogen and oxygen atoms in total. The second kappa shape index (κ2) is 12.0. The Hall–Kier alpha value is -3.31. The van der Waals surface area contributed by atoms with E-state index in [0.29, 0.717) is 0 Å². The van der Waals surface area contributed by atoms with Crippen molar-refractivity contribution >= 4 is 17.3 Å². The first-order valence-corrected chi connectivity index (χ1v) is 15.1. The van der Waals surface area contributed by atoms with E-state index in [4.69, 9.17) is 24.7 Å². The van der Waals surface area contributed by atoms with E-state index in [1.165, 1.54) is 12.1 Å². The minimum Gasteiger partial charge on any atom is -0.507 e. The minimum absolute atomic E-state index is 0.0153. The van der Waals surface area contributed by atoms with E-state index in [0.717, 1.165) is 0 Å². The van der Waals surface area contributed by atoms with Gasteiger partial charge in [-0.25, -0.2) is 0 Å². The molecule has 2 aliphatic carbocycles. The summed E-state index contributed by atoms with van der Waals surface area (Å²) in [6, 6.07) is 5.34. The fraction of sp³-hybridized carbons (Fsp3) is 0.531. The van der Waals surface area contributed by atoms with Gasteiger partial charge in [-0.3, -0.25) is 14.4 Å². The van der Waals surface area contributed by atoms with Crippen LogP contribution in [0.5, 0.6) is 11.5 Å². The molecule has 46 heavy (non-hydrogen) atoms. The number of ketones is 3. The lowest BCUT2D eigenvalue weighted by atomic mass is 9.72. The fourth-order valence-electron chi connectivity index (χ4n) is 7.00. The van der Waals surface area contributed by atoms with E-state index in [1.54, 1.807) is 26.0 Å². The van der Waals surface area contributed by atoms with E-state index in [2.05, 4.69) is 0 Å². The molecule has 0 saturated carbocycles. The lowest BCUT2D eigenvalue weighted by Gasteiger charge is -2.44. The lowest BCUT2D eigenvalue weighted by molar-refractivity contribution is -0.311. The van der Waals surface area contributed by atoms with Crippen LogP contribution in [0.15, 0.2) is 24.3 Å². The van der Waals surface area contributed by atoms with Gasteiger partial charge < -0.3 is 55.3 Å². The molecule has 2 heterocycles. The van der Waals surface area contributed by atoms with Crippen molar-refractivity contribution in [2.24, 2.45) is 5.73 Å². The van der Waals surface area contributed by atoms with Crippen molar-refractivity contribution in [3.63, 3.8) is 0 Å². The first-order valence-electron chi connectivity index (χ1n) is 15.1. The summed E-state index contributed by atoms with van der Waals surface area (Å²) in [5.41, 5.74) is 2.51. The fourth-order valence-corrected chi connectivity index (χ4v) is 7.00. The number of phenolic OH excluding ortho intramolecular Hbond substituents is 2. The molecule has 0 aromatic heterocycles. The Morgan fingerprint density at radius 1 is 0.957 bits per heavy atom. The number of hydrogen-bond donors (Lipinski definition) is 7. The van der Waals surface area contributed by atoms with Crippen LogP contribution < -0.4 is 5.73 Å². The van der Waals surface area contributed by atoms with Crippen LogP contribution in [0.1, 0.15) is 82.2 Å². The van der Waals surface area contributed by atoms with Crippen LogP contribution in [-0.4, -0.2) is 109 Å². The normalized spacial score (nSPS) is 35.7. The number of aliphatic hydroxyl groups excluding tert-OH is 3. The number of fused-ring (bicyclic) bond motifs is 3. The van der Waals surface area contributed by atoms with Crippen molar-refractivity contribution in [3.05, 3.63) is 57.6 Å². The molecule has 6 rings (SSSR count). The lowest BCUT2D eigenvalue weighted by Crippen LogP contribution is -2.56. The smallest absolute Gasteiger partial charge is 0.198 e. The van der Waals surface area contributed by atoms with Crippen LogP contribution in [0.3, 0.4) is 0 Å². The van der Waals surface area contributed by atoms with Gasteiger partial charge in [0.2, 0.25) is 0 Å². The Kier molecular flexibility index (Phi) is 8.54. The van der Waals surface area contributed by atoms with Gasteiger partial charge in [-0.2, -0.15) is 0 Å². The number of phenols is 2. The van der Waals surface area contributed by atoms with Crippen molar-refractivity contribution in [2.75, 3.05) is 6.61 Å². The summed E-state index contributed by atoms with van der Waals surface area (Å²) in [6.07, 6.45) is -8.83. The highest BCUT2D eigenvalue weighted by molar-refractivity contribution is 6.30. The Bertz CT molecular complexity index is 1550. The minimum atomic E-state index is -2.28. The number of carbonyl (C=O) groups excluding carboxylic acids is 3. The number of aromatic hydroxyl groups is 2. The zero-order chi connectivity index (χ0) is 33.2. The Labute approximate surface area is 263 Å². The van der Waals surface area contributed by atoms with Gasteiger partial charge in [-0.1, -0.05) is 24.3 Å². The summed E-state index contributed by atoms with van der Waals surface area (Å²) >= 11 is 0. The van der Waals surface area contributed by atoms with Gasteiger partial charge in [0.1, 0.15) is 29.8 Å². The highest BCUT2D eigenvalue weighted by Gasteiger charge is 2.50. The number of carbonyl (C=O) groups is 3. The Balaban J connectivity index is 1.31. The molecule has 0 spiro atoms. The molecular formula is C32H37NO13. The van der Waals surface area contributed by atoms with Crippen molar-refractivity contribution in [2.45, 2.75) is 100 Å². The van der Waals surface area contributed by atoms with Crippen LogP contribution in [0.2, 0.25) is 0 Å². The predicted molar refractivity (Wildman–Crippen MR) is 155 cm³/mol. The second-order valence-corrected chi connectivity index (χ2v) is 12.5. The number of hydrogen-bond acceptors (Lipinski definition) is 14. The molecule has 10 atom stereocenters. The number of aliphatic hydroxyl groups is 4. The molecule has 0 bridgehead atoms. The topological polar surface area (TPSA) is 236 Å². The number of rotatable bonds is 6. The van der Waals surface area contributed by atoms with E-state index >= 15 is 0 Å². The van der Waals surface area contributed by atoms with Gasteiger partial charge in [0.15, 0.2) is 29.9 Å². The molecule has 2 saturated heterocycles. The number of Topliss-reactive ketones (excluding diaryl/α,β-unsaturated/α-hetero) is 1. The van der Waals surface area contributed by atoms with E-state index in [1.807, 2.05) is 0 Å². The van der Waals surface area contributed by atoms with Crippen molar-refractivity contribution in [1.82, 2.24) is 0 Å². The molecule has 0 radical (unpaired) electrons. The van der Waals surface area contributed by atoms with Crippen LogP contribution >= 0.6 is 0 Å². The molecule has 0 unspecified atom stereocenters. The van der Waals surface area contributed by atoms with Crippen molar-refractivity contribution in [3.8, 4) is 11.5 Å². The second-order valence-electron chi connectivity index (χ2n) is 12.5. The third-order valence-electron chi connectivity index (χ3n) is 9.45. The summed E-state index contributed by atoms with van der Waals surface area (Å²) in [5.74, 6) is -3.80. The maximum absolute atomic E-state index is 13.5. The summed E-state index contributed by atoms with van der Waals surface area (Å²) in [6.45, 7) is 2.23. The van der Waals surface area contributed by atoms with Gasteiger partial charge in [0.25, 0.3) is 0 Å². The van der Waals surface area contributed by atoms with Gasteiger partial charge in [-0.15, -0.1) is 0 Å². The summed E-state index contributed by atoms with van der Waals surface area (Å²) < 4.78 is 23.8. The molecule has 248 valence electrons. The Morgan fingerprint density at radius 2 is 1.54 bits per heavy atom. The Morgan fingerprint density at radius 3 is 2.13 bits per heavy atom. The van der Waals surface area contributed by atoms with Gasteiger partial charge in [0, 0.05) is 54.0 Å². The zero-order valence-electron chi connectivity index (χ0n) is 25.2. The first-order chi connectivity index (χ1) is 21.7. The predicted octanol–water partition coefficient (Wildman–Crippen LogP) is -0.126. The van der Waals surface area contributed by atoms with E-state index < -0.39 is 120 Å². The molecule has 2 fully saturated rings. The van der Waals surface area contributed by atoms with Gasteiger partial charge in [0.05, 0.1) is 41.6 Å². The van der Waals surface area contributed by atoms with Crippen LogP contribution in [0, 0.1) is 0 Å². The standard InChI is InChI=1S/C32H37NO13/c1-12-26(37)17(33)7-21(43-12)46-31-13(2)44-22(8-18(31)35)45-19-10-32(42,20(36)11-34)9-16-23(19)30(41)25-24(29(16)40)27(38)14-5-3-4-6-15(14)28(25)39/h3-6,12-13,17-19,21-22,26,31,34-35,37,40-42H,7-11,33H2,1-2H3/t12-,13-,17+,18-,19+,21+,22+,26+,31+,32+/m1/s1. The molecule has 2 aliphatic heterocycles. The van der Waals surface area contributed by atoms with Gasteiger partial charge >= 0.3 is 0 Å². The number of nitrogens with two attached hydrogens (primary N) is 1. The average Bonchev–Trinajstić information content (AvgIpc) is 3.01. The molecule has 4 aliphatic rings. The SMILES string of the molecule is C[C@H]1O[C@@H](O[C@@H]2[C@H](O)C[C@H](O[C@H]3C[C@](O)(C(=O)CO)Cc4c(O)c5c(c(O)c43)C(=O)c3ccccc3C5=O)O[C@@H]2C)C[C@H](N)[C@H]1O. The van der Waals surface area contributed by atoms with Crippen LogP contribution in [-0.2, 0) is 30.2 Å². The first kappa shape index (κ1) is 32.6. The van der Waals surface area contributed by atoms with Crippen molar-refractivity contribution in [1.29, 1.82) is 0 Å². The molecule has 2 aromatic carbocycles. The average molecular weight is 644 g/mol. The summed E-state index contributed by atoms with van der Waals surface area (Å²) in [5, 5.41) is 65.1. The highest BCUT2D eigenvalue weighted by atomic mass is 16.7. The largest absolute Gasteiger partial charge is 0.507 e.